The molecule has 1 saturated carbocycles. The Balaban J connectivity index is 2.43. The lowest BCUT2D eigenvalue weighted by atomic mass is 9.90. The average molecular weight is 229 g/mol. The van der Waals surface area contributed by atoms with Gasteiger partial charge in [0.2, 0.25) is 0 Å². The molecule has 1 aromatic carbocycles. The lowest BCUT2D eigenvalue weighted by molar-refractivity contribution is -0.138. The summed E-state index contributed by atoms with van der Waals surface area (Å²) in [6, 6.07) is 5.79. The Morgan fingerprint density at radius 2 is 2.00 bits per heavy atom. The van der Waals surface area contributed by atoms with Crippen molar-refractivity contribution in [1.29, 1.82) is 0 Å². The zero-order valence-electron chi connectivity index (χ0n) is 9.01. The molecule has 4 heteroatoms. The molecule has 88 valence electrons. The predicted octanol–water partition coefficient (Wildman–Crippen LogP) is 2.94. The Labute approximate surface area is 92.5 Å². The summed E-state index contributed by atoms with van der Waals surface area (Å²) in [5.41, 5.74) is 5.00. The van der Waals surface area contributed by atoms with E-state index in [-0.39, 0.29) is 11.3 Å². The second kappa shape index (κ2) is 3.48. The van der Waals surface area contributed by atoms with Crippen LogP contribution in [-0.2, 0) is 11.6 Å². The van der Waals surface area contributed by atoms with Gasteiger partial charge in [0.25, 0.3) is 0 Å². The number of nitrogens with two attached hydrogens (primary N) is 1. The molecule has 0 bridgehead atoms. The average Bonchev–Trinajstić information content (AvgIpc) is 2.90. The van der Waals surface area contributed by atoms with E-state index in [9.17, 15) is 13.2 Å². The summed E-state index contributed by atoms with van der Waals surface area (Å²) < 4.78 is 38.4. The SMILES string of the molecule is CC1(c2ccccc2C(F)(F)F)CC1CN. The van der Waals surface area contributed by atoms with E-state index in [2.05, 4.69) is 0 Å². The fourth-order valence-corrected chi connectivity index (χ4v) is 2.35. The molecule has 16 heavy (non-hydrogen) atoms. The van der Waals surface area contributed by atoms with Gasteiger partial charge in [0, 0.05) is 0 Å². The van der Waals surface area contributed by atoms with Crippen LogP contribution in [0.15, 0.2) is 24.3 Å². The van der Waals surface area contributed by atoms with E-state index >= 15 is 0 Å². The molecule has 0 heterocycles. The third-order valence-corrected chi connectivity index (χ3v) is 3.54. The molecule has 0 spiro atoms. The Morgan fingerprint density at radius 3 is 2.50 bits per heavy atom. The van der Waals surface area contributed by atoms with Crippen LogP contribution in [0, 0.1) is 5.92 Å². The first kappa shape index (κ1) is 11.5. The van der Waals surface area contributed by atoms with Crippen LogP contribution < -0.4 is 5.73 Å². The monoisotopic (exact) mass is 229 g/mol. The highest BCUT2D eigenvalue weighted by Crippen LogP contribution is 2.55. The van der Waals surface area contributed by atoms with Crippen molar-refractivity contribution >= 4 is 0 Å². The van der Waals surface area contributed by atoms with Crippen LogP contribution in [-0.4, -0.2) is 6.54 Å². The van der Waals surface area contributed by atoms with E-state index in [4.69, 9.17) is 5.73 Å². The fraction of sp³-hybridized carbons (Fsp3) is 0.500. The number of halogens is 3. The second-order valence-electron chi connectivity index (χ2n) is 4.60. The van der Waals surface area contributed by atoms with Crippen LogP contribution >= 0.6 is 0 Å². The summed E-state index contributed by atoms with van der Waals surface area (Å²) in [7, 11) is 0. The number of hydrogen-bond acceptors (Lipinski definition) is 1. The number of rotatable bonds is 2. The zero-order valence-corrected chi connectivity index (χ0v) is 9.01. The van der Waals surface area contributed by atoms with Crippen LogP contribution in [0.3, 0.4) is 0 Å². The van der Waals surface area contributed by atoms with Gasteiger partial charge >= 0.3 is 6.18 Å². The molecule has 1 aromatic rings. The first-order valence-corrected chi connectivity index (χ1v) is 5.26. The van der Waals surface area contributed by atoms with Gasteiger partial charge in [-0.15, -0.1) is 0 Å². The van der Waals surface area contributed by atoms with Gasteiger partial charge in [-0.1, -0.05) is 25.1 Å². The highest BCUT2D eigenvalue weighted by Gasteiger charge is 2.53. The molecular formula is C12H14F3N. The van der Waals surface area contributed by atoms with Crippen LogP contribution in [0.4, 0.5) is 13.2 Å². The van der Waals surface area contributed by atoms with Crippen LogP contribution in [0.5, 0.6) is 0 Å². The van der Waals surface area contributed by atoms with E-state index in [1.165, 1.54) is 6.07 Å². The normalized spacial score (nSPS) is 29.2. The first-order valence-electron chi connectivity index (χ1n) is 5.26. The van der Waals surface area contributed by atoms with E-state index in [0.29, 0.717) is 12.1 Å². The summed E-state index contributed by atoms with van der Waals surface area (Å²) >= 11 is 0. The quantitative estimate of drug-likeness (QED) is 0.829. The Bertz CT molecular complexity index is 399. The Kier molecular flexibility index (Phi) is 2.49. The highest BCUT2D eigenvalue weighted by atomic mass is 19.4. The molecule has 2 N–H and O–H groups in total. The summed E-state index contributed by atoms with van der Waals surface area (Å²) in [6.07, 6.45) is -3.53. The molecule has 0 aliphatic heterocycles. The van der Waals surface area contributed by atoms with Gasteiger partial charge in [-0.25, -0.2) is 0 Å². The maximum Gasteiger partial charge on any atom is 0.416 e. The Hall–Kier alpha value is -1.03. The summed E-state index contributed by atoms with van der Waals surface area (Å²) in [6.45, 7) is 2.30. The molecule has 1 aliphatic carbocycles. The Morgan fingerprint density at radius 1 is 1.38 bits per heavy atom. The molecule has 0 radical (unpaired) electrons. The number of hydrogen-bond donors (Lipinski definition) is 1. The molecular weight excluding hydrogens is 215 g/mol. The van der Waals surface area contributed by atoms with Gasteiger partial charge in [0.15, 0.2) is 0 Å². The molecule has 2 rings (SSSR count). The lowest BCUT2D eigenvalue weighted by Crippen LogP contribution is -2.17. The van der Waals surface area contributed by atoms with Crippen molar-refractivity contribution in [3.8, 4) is 0 Å². The van der Waals surface area contributed by atoms with Crippen LogP contribution in [0.25, 0.3) is 0 Å². The standard InChI is InChI=1S/C12H14F3N/c1-11(6-8(11)7-16)9-4-2-3-5-10(9)12(13,14)15/h2-5,8H,6-7,16H2,1H3. The summed E-state index contributed by atoms with van der Waals surface area (Å²) in [5.74, 6) is 0.177. The summed E-state index contributed by atoms with van der Waals surface area (Å²) in [4.78, 5) is 0. The molecule has 2 unspecified atom stereocenters. The molecule has 1 aliphatic rings. The largest absolute Gasteiger partial charge is 0.416 e. The van der Waals surface area contributed by atoms with Crippen molar-refractivity contribution in [2.24, 2.45) is 11.7 Å². The second-order valence-corrected chi connectivity index (χ2v) is 4.60. The minimum absolute atomic E-state index is 0.177. The molecule has 0 aromatic heterocycles. The maximum atomic E-state index is 12.8. The zero-order chi connectivity index (χ0) is 12.0. The van der Waals surface area contributed by atoms with Crippen LogP contribution in [0.2, 0.25) is 0 Å². The molecule has 1 fully saturated rings. The van der Waals surface area contributed by atoms with Crippen molar-refractivity contribution in [1.82, 2.24) is 0 Å². The van der Waals surface area contributed by atoms with Crippen LogP contribution in [0.1, 0.15) is 24.5 Å². The predicted molar refractivity (Wildman–Crippen MR) is 56.0 cm³/mol. The van der Waals surface area contributed by atoms with Gasteiger partial charge in [0.1, 0.15) is 0 Å². The molecule has 0 amide bonds. The fourth-order valence-electron chi connectivity index (χ4n) is 2.35. The number of benzene rings is 1. The van der Waals surface area contributed by atoms with Crippen molar-refractivity contribution < 1.29 is 13.2 Å². The van der Waals surface area contributed by atoms with Gasteiger partial charge in [-0.3, -0.25) is 0 Å². The smallest absolute Gasteiger partial charge is 0.330 e. The first-order chi connectivity index (χ1) is 7.39. The maximum absolute atomic E-state index is 12.8. The van der Waals surface area contributed by atoms with Gasteiger partial charge in [0.05, 0.1) is 5.56 Å². The van der Waals surface area contributed by atoms with E-state index in [1.54, 1.807) is 12.1 Å². The van der Waals surface area contributed by atoms with E-state index in [0.717, 1.165) is 12.5 Å². The molecule has 1 nitrogen and oxygen atoms in total. The minimum Gasteiger partial charge on any atom is -0.330 e. The van der Waals surface area contributed by atoms with E-state index in [1.807, 2.05) is 6.92 Å². The third kappa shape index (κ3) is 1.71. The highest BCUT2D eigenvalue weighted by molar-refractivity contribution is 5.41. The third-order valence-electron chi connectivity index (χ3n) is 3.54. The molecule has 2 atom stereocenters. The minimum atomic E-state index is -4.28. The van der Waals surface area contributed by atoms with Crippen molar-refractivity contribution in [2.45, 2.75) is 24.9 Å². The van der Waals surface area contributed by atoms with Crippen molar-refractivity contribution in [3.63, 3.8) is 0 Å². The summed E-state index contributed by atoms with van der Waals surface area (Å²) in [5, 5.41) is 0. The van der Waals surface area contributed by atoms with Crippen molar-refractivity contribution in [3.05, 3.63) is 35.4 Å². The number of alkyl halides is 3. The van der Waals surface area contributed by atoms with Crippen molar-refractivity contribution in [2.75, 3.05) is 6.54 Å². The van der Waals surface area contributed by atoms with E-state index < -0.39 is 11.7 Å². The topological polar surface area (TPSA) is 26.0 Å². The van der Waals surface area contributed by atoms with Gasteiger partial charge < -0.3 is 5.73 Å². The van der Waals surface area contributed by atoms with Gasteiger partial charge in [-0.2, -0.15) is 13.2 Å². The lowest BCUT2D eigenvalue weighted by Gasteiger charge is -2.18. The molecule has 0 saturated heterocycles. The van der Waals surface area contributed by atoms with Gasteiger partial charge in [-0.05, 0) is 35.9 Å².